The molecule has 72 valence electrons. The number of hydrogen-bond donors (Lipinski definition) is 2. The molecule has 1 rings (SSSR count). The summed E-state index contributed by atoms with van der Waals surface area (Å²) in [5.41, 5.74) is 0. The van der Waals surface area contributed by atoms with E-state index in [2.05, 4.69) is 17.6 Å². The van der Waals surface area contributed by atoms with Crippen molar-refractivity contribution in [2.45, 2.75) is 38.6 Å². The molecule has 1 saturated heterocycles. The number of nitrogens with one attached hydrogen (secondary N) is 2. The lowest BCUT2D eigenvalue weighted by molar-refractivity contribution is 0.411. The molecule has 0 bridgehead atoms. The molecule has 1 aliphatic heterocycles. The molecule has 2 N–H and O–H groups in total. The Bertz CT molecular complexity index is 108. The van der Waals surface area contributed by atoms with E-state index in [9.17, 15) is 0 Å². The van der Waals surface area contributed by atoms with E-state index in [1.165, 1.54) is 32.2 Å². The molecule has 2 atom stereocenters. The first kappa shape index (κ1) is 10.0. The average Bonchev–Trinajstić information content (AvgIpc) is 2.53. The van der Waals surface area contributed by atoms with Crippen LogP contribution < -0.4 is 10.6 Å². The highest BCUT2D eigenvalue weighted by atomic mass is 14.9. The molecule has 12 heavy (non-hydrogen) atoms. The van der Waals surface area contributed by atoms with E-state index in [0.717, 1.165) is 18.5 Å². The highest BCUT2D eigenvalue weighted by molar-refractivity contribution is 4.76. The van der Waals surface area contributed by atoms with Crippen molar-refractivity contribution in [3.05, 3.63) is 0 Å². The summed E-state index contributed by atoms with van der Waals surface area (Å²) in [6, 6.07) is 0.817. The topological polar surface area (TPSA) is 24.1 Å². The second-order valence-corrected chi connectivity index (χ2v) is 4.03. The second-order valence-electron chi connectivity index (χ2n) is 4.03. The van der Waals surface area contributed by atoms with Gasteiger partial charge in [0.1, 0.15) is 0 Å². The Morgan fingerprint density at radius 2 is 2.42 bits per heavy atom. The first-order valence-corrected chi connectivity index (χ1v) is 5.21. The molecule has 1 aliphatic rings. The van der Waals surface area contributed by atoms with E-state index in [4.69, 9.17) is 0 Å². The van der Waals surface area contributed by atoms with E-state index < -0.39 is 0 Å². The highest BCUT2D eigenvalue weighted by Crippen LogP contribution is 2.16. The second kappa shape index (κ2) is 5.55. The molecular formula is C10H22N2. The van der Waals surface area contributed by atoms with Crippen LogP contribution in [0.4, 0.5) is 0 Å². The lowest BCUT2D eigenvalue weighted by Crippen LogP contribution is -2.24. The maximum absolute atomic E-state index is 3.54. The quantitative estimate of drug-likeness (QED) is 0.651. The molecule has 0 amide bonds. The van der Waals surface area contributed by atoms with Crippen LogP contribution in [0, 0.1) is 5.92 Å². The van der Waals surface area contributed by atoms with Gasteiger partial charge in [-0.2, -0.15) is 0 Å². The first-order valence-electron chi connectivity index (χ1n) is 5.21. The predicted octanol–water partition coefficient (Wildman–Crippen LogP) is 1.37. The summed E-state index contributed by atoms with van der Waals surface area (Å²) in [6.07, 6.45) is 5.45. The van der Waals surface area contributed by atoms with Gasteiger partial charge >= 0.3 is 0 Å². The number of hydrogen-bond acceptors (Lipinski definition) is 2. The van der Waals surface area contributed by atoms with Crippen molar-refractivity contribution in [2.24, 2.45) is 5.92 Å². The van der Waals surface area contributed by atoms with Crippen LogP contribution in [0.5, 0.6) is 0 Å². The molecule has 0 spiro atoms. The van der Waals surface area contributed by atoms with Gasteiger partial charge < -0.3 is 10.6 Å². The highest BCUT2D eigenvalue weighted by Gasteiger charge is 2.16. The predicted molar refractivity (Wildman–Crippen MR) is 53.3 cm³/mol. The summed E-state index contributed by atoms with van der Waals surface area (Å²) in [4.78, 5) is 0. The summed E-state index contributed by atoms with van der Waals surface area (Å²) in [6.45, 7) is 4.76. The third-order valence-corrected chi connectivity index (χ3v) is 2.74. The smallest absolute Gasteiger partial charge is 0.00700 e. The van der Waals surface area contributed by atoms with Gasteiger partial charge in [-0.3, -0.25) is 0 Å². The Hall–Kier alpha value is -0.0800. The van der Waals surface area contributed by atoms with Gasteiger partial charge in [0, 0.05) is 6.04 Å². The Morgan fingerprint density at radius 1 is 1.58 bits per heavy atom. The van der Waals surface area contributed by atoms with E-state index >= 15 is 0 Å². The summed E-state index contributed by atoms with van der Waals surface area (Å²) in [5.74, 6) is 0.869. The summed E-state index contributed by atoms with van der Waals surface area (Å²) < 4.78 is 0. The minimum atomic E-state index is 0.817. The van der Waals surface area contributed by atoms with Crippen LogP contribution in [0.1, 0.15) is 32.6 Å². The molecule has 0 radical (unpaired) electrons. The maximum atomic E-state index is 3.54. The molecular weight excluding hydrogens is 148 g/mol. The van der Waals surface area contributed by atoms with Crippen LogP contribution in [0.3, 0.4) is 0 Å². The largest absolute Gasteiger partial charge is 0.320 e. The monoisotopic (exact) mass is 170 g/mol. The lowest BCUT2D eigenvalue weighted by Gasteiger charge is -2.16. The van der Waals surface area contributed by atoms with E-state index in [1.807, 2.05) is 7.05 Å². The summed E-state index contributed by atoms with van der Waals surface area (Å²) >= 11 is 0. The molecule has 1 fully saturated rings. The van der Waals surface area contributed by atoms with Gasteiger partial charge in [-0.15, -0.1) is 0 Å². The molecule has 2 heteroatoms. The minimum Gasteiger partial charge on any atom is -0.320 e. The minimum absolute atomic E-state index is 0.817. The fraction of sp³-hybridized carbons (Fsp3) is 1.00. The van der Waals surface area contributed by atoms with Crippen molar-refractivity contribution in [1.82, 2.24) is 10.6 Å². The molecule has 2 nitrogen and oxygen atoms in total. The molecule has 2 unspecified atom stereocenters. The standard InChI is InChI=1S/C10H22N2/c1-9(5-7-11-2)8-10-4-3-6-12-10/h9-12H,3-8H2,1-2H3. The Labute approximate surface area is 76.1 Å². The molecule has 0 aliphatic carbocycles. The SMILES string of the molecule is CNCCC(C)CC1CCCN1. The Morgan fingerprint density at radius 3 is 3.00 bits per heavy atom. The van der Waals surface area contributed by atoms with Crippen molar-refractivity contribution in [3.63, 3.8) is 0 Å². The zero-order chi connectivity index (χ0) is 8.81. The third-order valence-electron chi connectivity index (χ3n) is 2.74. The van der Waals surface area contributed by atoms with Crippen LogP contribution in [0.25, 0.3) is 0 Å². The number of rotatable bonds is 5. The van der Waals surface area contributed by atoms with Gasteiger partial charge in [-0.1, -0.05) is 6.92 Å². The molecule has 0 saturated carbocycles. The van der Waals surface area contributed by atoms with Crippen molar-refractivity contribution in [3.8, 4) is 0 Å². The van der Waals surface area contributed by atoms with Crippen LogP contribution in [-0.2, 0) is 0 Å². The lowest BCUT2D eigenvalue weighted by atomic mass is 9.98. The molecule has 0 aromatic heterocycles. The molecule has 0 aromatic carbocycles. The average molecular weight is 170 g/mol. The van der Waals surface area contributed by atoms with Crippen LogP contribution in [0.15, 0.2) is 0 Å². The van der Waals surface area contributed by atoms with Gasteiger partial charge in [-0.05, 0) is 51.7 Å². The van der Waals surface area contributed by atoms with Gasteiger partial charge in [0.2, 0.25) is 0 Å². The molecule has 0 aromatic rings. The first-order chi connectivity index (χ1) is 5.83. The summed E-state index contributed by atoms with van der Waals surface area (Å²) in [7, 11) is 2.03. The summed E-state index contributed by atoms with van der Waals surface area (Å²) in [5, 5.41) is 6.75. The Balaban J connectivity index is 2.03. The van der Waals surface area contributed by atoms with Crippen molar-refractivity contribution >= 4 is 0 Å². The Kier molecular flexibility index (Phi) is 4.62. The van der Waals surface area contributed by atoms with E-state index in [0.29, 0.717) is 0 Å². The maximum Gasteiger partial charge on any atom is 0.00700 e. The van der Waals surface area contributed by atoms with Crippen LogP contribution in [-0.4, -0.2) is 26.2 Å². The van der Waals surface area contributed by atoms with Crippen molar-refractivity contribution in [2.75, 3.05) is 20.1 Å². The van der Waals surface area contributed by atoms with E-state index in [-0.39, 0.29) is 0 Å². The van der Waals surface area contributed by atoms with Gasteiger partial charge in [0.05, 0.1) is 0 Å². The van der Waals surface area contributed by atoms with E-state index in [1.54, 1.807) is 0 Å². The van der Waals surface area contributed by atoms with Gasteiger partial charge in [-0.25, -0.2) is 0 Å². The normalized spacial score (nSPS) is 26.0. The van der Waals surface area contributed by atoms with Crippen molar-refractivity contribution < 1.29 is 0 Å². The van der Waals surface area contributed by atoms with Crippen LogP contribution >= 0.6 is 0 Å². The third kappa shape index (κ3) is 3.55. The fourth-order valence-electron chi connectivity index (χ4n) is 1.95. The molecule has 1 heterocycles. The van der Waals surface area contributed by atoms with Crippen LogP contribution in [0.2, 0.25) is 0 Å². The van der Waals surface area contributed by atoms with Crippen molar-refractivity contribution in [1.29, 1.82) is 0 Å². The zero-order valence-corrected chi connectivity index (χ0v) is 8.40. The zero-order valence-electron chi connectivity index (χ0n) is 8.40. The fourth-order valence-corrected chi connectivity index (χ4v) is 1.95. The van der Waals surface area contributed by atoms with Gasteiger partial charge in [0.15, 0.2) is 0 Å². The van der Waals surface area contributed by atoms with Gasteiger partial charge in [0.25, 0.3) is 0 Å².